The van der Waals surface area contributed by atoms with Crippen LogP contribution in [0.4, 0.5) is 0 Å². The first-order chi connectivity index (χ1) is 9.32. The van der Waals surface area contributed by atoms with Gasteiger partial charge in [-0.05, 0) is 25.2 Å². The SMILES string of the molecule is CC1NC(=O)C(C(C)(C)C)N(C2CCCCCC2)C1=O. The summed E-state index contributed by atoms with van der Waals surface area (Å²) in [5.74, 6) is 0.102. The molecule has 2 unspecified atom stereocenters. The van der Waals surface area contributed by atoms with E-state index in [1.807, 2.05) is 25.7 Å². The Morgan fingerprint density at radius 3 is 2.10 bits per heavy atom. The molecule has 2 amide bonds. The van der Waals surface area contributed by atoms with Gasteiger partial charge in [0.05, 0.1) is 0 Å². The van der Waals surface area contributed by atoms with Gasteiger partial charge in [0, 0.05) is 6.04 Å². The topological polar surface area (TPSA) is 49.4 Å². The smallest absolute Gasteiger partial charge is 0.245 e. The molecule has 2 rings (SSSR count). The van der Waals surface area contributed by atoms with Crippen LogP contribution in [0.15, 0.2) is 0 Å². The van der Waals surface area contributed by atoms with Crippen LogP contribution in [0.5, 0.6) is 0 Å². The first kappa shape index (κ1) is 15.3. The summed E-state index contributed by atoms with van der Waals surface area (Å²) in [4.78, 5) is 27.0. The Kier molecular flexibility index (Phi) is 4.40. The average Bonchev–Trinajstić information content (AvgIpc) is 2.60. The molecule has 114 valence electrons. The lowest BCUT2D eigenvalue weighted by molar-refractivity contribution is -0.156. The highest BCUT2D eigenvalue weighted by atomic mass is 16.2. The summed E-state index contributed by atoms with van der Waals surface area (Å²) in [6.45, 7) is 7.93. The Balaban J connectivity index is 2.30. The monoisotopic (exact) mass is 280 g/mol. The number of hydrogen-bond acceptors (Lipinski definition) is 2. The summed E-state index contributed by atoms with van der Waals surface area (Å²) >= 11 is 0. The number of piperazine rings is 1. The maximum atomic E-state index is 12.7. The minimum absolute atomic E-state index is 0.00819. The Hall–Kier alpha value is -1.06. The van der Waals surface area contributed by atoms with Gasteiger partial charge in [0.2, 0.25) is 11.8 Å². The molecule has 1 N–H and O–H groups in total. The van der Waals surface area contributed by atoms with Gasteiger partial charge in [-0.2, -0.15) is 0 Å². The van der Waals surface area contributed by atoms with E-state index >= 15 is 0 Å². The minimum atomic E-state index is -0.385. The Labute approximate surface area is 122 Å². The summed E-state index contributed by atoms with van der Waals surface area (Å²) in [5, 5.41) is 2.84. The Morgan fingerprint density at radius 1 is 1.05 bits per heavy atom. The van der Waals surface area contributed by atoms with Gasteiger partial charge in [-0.25, -0.2) is 0 Å². The third-order valence-electron chi connectivity index (χ3n) is 4.55. The number of carbonyl (C=O) groups excluding carboxylic acids is 2. The number of amides is 2. The molecule has 0 aromatic heterocycles. The molecule has 1 aliphatic heterocycles. The van der Waals surface area contributed by atoms with E-state index in [-0.39, 0.29) is 35.4 Å². The van der Waals surface area contributed by atoms with Crippen LogP contribution in [0, 0.1) is 5.41 Å². The maximum Gasteiger partial charge on any atom is 0.245 e. The van der Waals surface area contributed by atoms with Crippen molar-refractivity contribution >= 4 is 11.8 Å². The predicted molar refractivity (Wildman–Crippen MR) is 79.2 cm³/mol. The number of nitrogens with zero attached hydrogens (tertiary/aromatic N) is 1. The van der Waals surface area contributed by atoms with E-state index in [2.05, 4.69) is 5.32 Å². The van der Waals surface area contributed by atoms with Crippen LogP contribution in [-0.4, -0.2) is 34.8 Å². The number of nitrogens with one attached hydrogen (secondary N) is 1. The van der Waals surface area contributed by atoms with Gasteiger partial charge in [-0.15, -0.1) is 0 Å². The van der Waals surface area contributed by atoms with Crippen molar-refractivity contribution < 1.29 is 9.59 Å². The Bertz CT molecular complexity index is 378. The van der Waals surface area contributed by atoms with Crippen LogP contribution < -0.4 is 5.32 Å². The Morgan fingerprint density at radius 2 is 1.60 bits per heavy atom. The summed E-state index contributed by atoms with van der Waals surface area (Å²) in [6, 6.07) is -0.485. The van der Waals surface area contributed by atoms with Gasteiger partial charge in [0.25, 0.3) is 0 Å². The van der Waals surface area contributed by atoms with Gasteiger partial charge in [-0.3, -0.25) is 9.59 Å². The van der Waals surface area contributed by atoms with Crippen LogP contribution in [0.1, 0.15) is 66.2 Å². The molecule has 2 fully saturated rings. The fraction of sp³-hybridized carbons (Fsp3) is 0.875. The van der Waals surface area contributed by atoms with Crippen LogP contribution in [0.3, 0.4) is 0 Å². The molecule has 2 atom stereocenters. The van der Waals surface area contributed by atoms with E-state index in [0.29, 0.717) is 0 Å². The number of rotatable bonds is 1. The zero-order chi connectivity index (χ0) is 14.9. The molecular formula is C16H28N2O2. The van der Waals surface area contributed by atoms with E-state index in [9.17, 15) is 9.59 Å². The molecule has 0 bridgehead atoms. The van der Waals surface area contributed by atoms with Crippen molar-refractivity contribution in [2.24, 2.45) is 5.41 Å². The fourth-order valence-electron chi connectivity index (χ4n) is 3.57. The molecule has 1 heterocycles. The second-order valence-electron chi connectivity index (χ2n) is 7.39. The van der Waals surface area contributed by atoms with Gasteiger partial charge < -0.3 is 10.2 Å². The summed E-state index contributed by atoms with van der Waals surface area (Å²) in [7, 11) is 0. The van der Waals surface area contributed by atoms with Gasteiger partial charge in [-0.1, -0.05) is 46.5 Å². The van der Waals surface area contributed by atoms with Gasteiger partial charge in [0.1, 0.15) is 12.1 Å². The van der Waals surface area contributed by atoms with Crippen molar-refractivity contribution in [3.05, 3.63) is 0 Å². The fourth-order valence-corrected chi connectivity index (χ4v) is 3.57. The van der Waals surface area contributed by atoms with Crippen LogP contribution in [-0.2, 0) is 9.59 Å². The summed E-state index contributed by atoms with van der Waals surface area (Å²) in [5.41, 5.74) is -0.230. The lowest BCUT2D eigenvalue weighted by Crippen LogP contribution is -2.68. The van der Waals surface area contributed by atoms with Crippen LogP contribution >= 0.6 is 0 Å². The highest BCUT2D eigenvalue weighted by Crippen LogP contribution is 2.33. The maximum absolute atomic E-state index is 12.7. The highest BCUT2D eigenvalue weighted by Gasteiger charge is 2.47. The molecule has 0 aromatic rings. The summed E-state index contributed by atoms with van der Waals surface area (Å²) in [6.07, 6.45) is 6.92. The van der Waals surface area contributed by atoms with E-state index < -0.39 is 0 Å². The molecule has 2 aliphatic rings. The molecule has 4 heteroatoms. The number of hydrogen-bond donors (Lipinski definition) is 1. The molecular weight excluding hydrogens is 252 g/mol. The normalized spacial score (nSPS) is 30.1. The van der Waals surface area contributed by atoms with Crippen LogP contribution in [0.25, 0.3) is 0 Å². The molecule has 1 saturated heterocycles. The van der Waals surface area contributed by atoms with E-state index in [0.717, 1.165) is 12.8 Å². The minimum Gasteiger partial charge on any atom is -0.343 e. The zero-order valence-corrected chi connectivity index (χ0v) is 13.2. The average molecular weight is 280 g/mol. The van der Waals surface area contributed by atoms with Gasteiger partial charge in [0.15, 0.2) is 0 Å². The van der Waals surface area contributed by atoms with E-state index in [4.69, 9.17) is 0 Å². The van der Waals surface area contributed by atoms with Crippen molar-refractivity contribution in [3.63, 3.8) is 0 Å². The van der Waals surface area contributed by atoms with Gasteiger partial charge >= 0.3 is 0 Å². The largest absolute Gasteiger partial charge is 0.343 e. The molecule has 0 radical (unpaired) electrons. The third-order valence-corrected chi connectivity index (χ3v) is 4.55. The standard InChI is InChI=1S/C16H28N2O2/c1-11-15(20)18(12-9-7-5-6-8-10-12)13(14(19)17-11)16(2,3)4/h11-13H,5-10H2,1-4H3,(H,17,19). The van der Waals surface area contributed by atoms with Crippen molar-refractivity contribution in [2.45, 2.75) is 84.3 Å². The first-order valence-corrected chi connectivity index (χ1v) is 7.95. The second-order valence-corrected chi connectivity index (χ2v) is 7.39. The molecule has 0 spiro atoms. The molecule has 1 saturated carbocycles. The highest BCUT2D eigenvalue weighted by molar-refractivity contribution is 5.97. The third kappa shape index (κ3) is 2.99. The van der Waals surface area contributed by atoms with Crippen LogP contribution in [0.2, 0.25) is 0 Å². The quantitative estimate of drug-likeness (QED) is 0.750. The summed E-state index contributed by atoms with van der Waals surface area (Å²) < 4.78 is 0. The number of carbonyl (C=O) groups is 2. The molecule has 0 aromatic carbocycles. The predicted octanol–water partition coefficient (Wildman–Crippen LogP) is 2.47. The molecule has 1 aliphatic carbocycles. The molecule has 4 nitrogen and oxygen atoms in total. The lowest BCUT2D eigenvalue weighted by atomic mass is 9.81. The second kappa shape index (κ2) is 5.74. The van der Waals surface area contributed by atoms with E-state index in [1.54, 1.807) is 6.92 Å². The van der Waals surface area contributed by atoms with E-state index in [1.165, 1.54) is 25.7 Å². The molecule has 20 heavy (non-hydrogen) atoms. The first-order valence-electron chi connectivity index (χ1n) is 7.95. The van der Waals surface area contributed by atoms with Crippen molar-refractivity contribution in [2.75, 3.05) is 0 Å². The van der Waals surface area contributed by atoms with Crippen molar-refractivity contribution in [1.82, 2.24) is 10.2 Å². The van der Waals surface area contributed by atoms with Crippen molar-refractivity contribution in [1.29, 1.82) is 0 Å². The zero-order valence-electron chi connectivity index (χ0n) is 13.2. The van der Waals surface area contributed by atoms with Crippen molar-refractivity contribution in [3.8, 4) is 0 Å². The lowest BCUT2D eigenvalue weighted by Gasteiger charge is -2.47.